The summed E-state index contributed by atoms with van der Waals surface area (Å²) in [5.41, 5.74) is 0. The Balaban J connectivity index is 3.40. The Bertz CT molecular complexity index is 437. The van der Waals surface area contributed by atoms with E-state index < -0.39 is 14.6 Å². The quantitative estimate of drug-likeness (QED) is 0.737. The average molecular weight is 326 g/mol. The summed E-state index contributed by atoms with van der Waals surface area (Å²) in [5.74, 6) is 0. The molecule has 0 N–H and O–H groups in total. The maximum Gasteiger partial charge on any atom is 0.203 e. The summed E-state index contributed by atoms with van der Waals surface area (Å²) in [6.45, 7) is 4.94. The molecule has 0 saturated carbocycles. The molecule has 78 valence electrons. The minimum absolute atomic E-state index is 0.0631. The molecule has 1 heterocycles. The Labute approximate surface area is 97.2 Å². The van der Waals surface area contributed by atoms with Crippen molar-refractivity contribution >= 4 is 32.4 Å². The van der Waals surface area contributed by atoms with Gasteiger partial charge in [-0.05, 0) is 43.4 Å². The van der Waals surface area contributed by atoms with Gasteiger partial charge in [0, 0.05) is 12.4 Å². The number of sulfone groups is 1. The molecule has 14 heavy (non-hydrogen) atoms. The molecule has 6 heteroatoms. The minimum atomic E-state index is -3.39. The van der Waals surface area contributed by atoms with Gasteiger partial charge in [0.1, 0.15) is 3.70 Å². The van der Waals surface area contributed by atoms with Crippen LogP contribution in [0.5, 0.6) is 0 Å². The fourth-order valence-corrected chi connectivity index (χ4v) is 3.00. The van der Waals surface area contributed by atoms with E-state index in [0.29, 0.717) is 3.70 Å². The zero-order valence-electron chi connectivity index (χ0n) is 8.15. The zero-order valence-corrected chi connectivity index (χ0v) is 11.1. The topological polar surface area (TPSA) is 59.9 Å². The summed E-state index contributed by atoms with van der Waals surface area (Å²) < 4.78 is 23.5. The molecule has 0 fully saturated rings. The summed E-state index contributed by atoms with van der Waals surface area (Å²) in [6, 6.07) is 0. The van der Waals surface area contributed by atoms with Gasteiger partial charge >= 0.3 is 0 Å². The van der Waals surface area contributed by atoms with Gasteiger partial charge in [0.05, 0.1) is 4.75 Å². The van der Waals surface area contributed by atoms with Crippen molar-refractivity contribution in [1.82, 2.24) is 9.97 Å². The molecule has 0 unspecified atom stereocenters. The number of halogens is 1. The Morgan fingerprint density at radius 1 is 1.21 bits per heavy atom. The minimum Gasteiger partial charge on any atom is -0.246 e. The van der Waals surface area contributed by atoms with Gasteiger partial charge in [-0.15, -0.1) is 0 Å². The van der Waals surface area contributed by atoms with Gasteiger partial charge in [-0.1, -0.05) is 0 Å². The van der Waals surface area contributed by atoms with Crippen LogP contribution in [-0.2, 0) is 9.84 Å². The van der Waals surface area contributed by atoms with Gasteiger partial charge in [-0.25, -0.2) is 18.4 Å². The second-order valence-corrected chi connectivity index (χ2v) is 7.41. The maximum absolute atomic E-state index is 12.0. The SMILES string of the molecule is CC(C)(C)S(=O)(=O)c1nccnc1I. The van der Waals surface area contributed by atoms with Crippen LogP contribution in [0, 0.1) is 3.70 Å². The van der Waals surface area contributed by atoms with E-state index in [1.807, 2.05) is 22.6 Å². The smallest absolute Gasteiger partial charge is 0.203 e. The van der Waals surface area contributed by atoms with Crippen molar-refractivity contribution in [2.45, 2.75) is 30.5 Å². The Kier molecular flexibility index (Phi) is 3.15. The van der Waals surface area contributed by atoms with E-state index in [1.54, 1.807) is 20.8 Å². The van der Waals surface area contributed by atoms with Crippen LogP contribution in [-0.4, -0.2) is 23.1 Å². The first-order chi connectivity index (χ1) is 6.27. The van der Waals surface area contributed by atoms with Gasteiger partial charge in [-0.3, -0.25) is 0 Å². The molecule has 0 saturated heterocycles. The molecule has 1 aromatic heterocycles. The Morgan fingerprint density at radius 3 is 2.14 bits per heavy atom. The Hall–Kier alpha value is -0.240. The van der Waals surface area contributed by atoms with Gasteiger partial charge in [0.25, 0.3) is 0 Å². The van der Waals surface area contributed by atoms with Crippen LogP contribution in [0.15, 0.2) is 17.4 Å². The third-order valence-electron chi connectivity index (χ3n) is 1.68. The monoisotopic (exact) mass is 326 g/mol. The number of aromatic nitrogens is 2. The highest BCUT2D eigenvalue weighted by Crippen LogP contribution is 2.25. The number of nitrogens with zero attached hydrogens (tertiary/aromatic N) is 2. The molecule has 0 aromatic carbocycles. The second kappa shape index (κ2) is 3.73. The second-order valence-electron chi connectivity index (χ2n) is 3.77. The molecule has 0 bridgehead atoms. The van der Waals surface area contributed by atoms with Crippen molar-refractivity contribution in [2.24, 2.45) is 0 Å². The lowest BCUT2D eigenvalue weighted by atomic mass is 10.3. The van der Waals surface area contributed by atoms with Crippen molar-refractivity contribution < 1.29 is 8.42 Å². The van der Waals surface area contributed by atoms with E-state index in [9.17, 15) is 8.42 Å². The van der Waals surface area contributed by atoms with E-state index in [4.69, 9.17) is 0 Å². The predicted molar refractivity (Wildman–Crippen MR) is 61.7 cm³/mol. The highest BCUT2D eigenvalue weighted by Gasteiger charge is 2.34. The number of hydrogen-bond acceptors (Lipinski definition) is 4. The van der Waals surface area contributed by atoms with Crippen molar-refractivity contribution in [3.8, 4) is 0 Å². The molecule has 0 spiro atoms. The third kappa shape index (κ3) is 2.05. The van der Waals surface area contributed by atoms with Gasteiger partial charge < -0.3 is 0 Å². The fourth-order valence-electron chi connectivity index (χ4n) is 0.779. The van der Waals surface area contributed by atoms with Gasteiger partial charge in [0.2, 0.25) is 9.84 Å². The highest BCUT2D eigenvalue weighted by molar-refractivity contribution is 14.1. The van der Waals surface area contributed by atoms with Crippen molar-refractivity contribution in [3.05, 3.63) is 16.1 Å². The molecule has 0 atom stereocenters. The van der Waals surface area contributed by atoms with E-state index in [1.165, 1.54) is 12.4 Å². The molecule has 1 rings (SSSR count). The largest absolute Gasteiger partial charge is 0.246 e. The summed E-state index contributed by atoms with van der Waals surface area (Å²) in [7, 11) is -3.39. The molecule has 0 radical (unpaired) electrons. The lowest BCUT2D eigenvalue weighted by Crippen LogP contribution is -2.29. The summed E-state index contributed by atoms with van der Waals surface area (Å²) >= 11 is 1.87. The van der Waals surface area contributed by atoms with Gasteiger partial charge in [-0.2, -0.15) is 0 Å². The van der Waals surface area contributed by atoms with E-state index in [2.05, 4.69) is 9.97 Å². The molecular formula is C8H11IN2O2S. The number of hydrogen-bond donors (Lipinski definition) is 0. The van der Waals surface area contributed by atoms with Gasteiger partial charge in [0.15, 0.2) is 5.03 Å². The van der Waals surface area contributed by atoms with E-state index >= 15 is 0 Å². The lowest BCUT2D eigenvalue weighted by molar-refractivity contribution is 0.554. The van der Waals surface area contributed by atoms with E-state index in [0.717, 1.165) is 0 Å². The van der Waals surface area contributed by atoms with Crippen molar-refractivity contribution in [3.63, 3.8) is 0 Å². The molecular weight excluding hydrogens is 315 g/mol. The summed E-state index contributed by atoms with van der Waals surface area (Å²) in [6.07, 6.45) is 2.87. The molecule has 0 aliphatic heterocycles. The summed E-state index contributed by atoms with van der Waals surface area (Å²) in [5, 5.41) is 0.0631. The third-order valence-corrected chi connectivity index (χ3v) is 5.26. The molecule has 0 amide bonds. The van der Waals surface area contributed by atoms with Crippen molar-refractivity contribution in [2.75, 3.05) is 0 Å². The maximum atomic E-state index is 12.0. The van der Waals surface area contributed by atoms with Crippen molar-refractivity contribution in [1.29, 1.82) is 0 Å². The average Bonchev–Trinajstić information content (AvgIpc) is 2.02. The molecule has 0 aliphatic carbocycles. The first-order valence-corrected chi connectivity index (χ1v) is 6.54. The van der Waals surface area contributed by atoms with Crippen LogP contribution in [0.2, 0.25) is 0 Å². The van der Waals surface area contributed by atoms with Crippen LogP contribution in [0.4, 0.5) is 0 Å². The van der Waals surface area contributed by atoms with Crippen LogP contribution >= 0.6 is 22.6 Å². The molecule has 1 aromatic rings. The van der Waals surface area contributed by atoms with Crippen LogP contribution in [0.25, 0.3) is 0 Å². The van der Waals surface area contributed by atoms with Crippen LogP contribution < -0.4 is 0 Å². The Morgan fingerprint density at radius 2 is 1.71 bits per heavy atom. The molecule has 0 aliphatic rings. The predicted octanol–water partition coefficient (Wildman–Crippen LogP) is 1.65. The zero-order chi connectivity index (χ0) is 11.0. The standard InChI is InChI=1S/C8H11IN2O2S/c1-8(2,3)14(12,13)7-6(9)10-4-5-11-7/h4-5H,1-3H3. The highest BCUT2D eigenvalue weighted by atomic mass is 127. The summed E-state index contributed by atoms with van der Waals surface area (Å²) in [4.78, 5) is 7.76. The van der Waals surface area contributed by atoms with E-state index in [-0.39, 0.29) is 5.03 Å². The normalized spacial score (nSPS) is 12.9. The van der Waals surface area contributed by atoms with Crippen LogP contribution in [0.1, 0.15) is 20.8 Å². The number of rotatable bonds is 1. The first-order valence-electron chi connectivity index (χ1n) is 3.98. The first kappa shape index (κ1) is 11.8. The molecule has 4 nitrogen and oxygen atoms in total. The fraction of sp³-hybridized carbons (Fsp3) is 0.500. The lowest BCUT2D eigenvalue weighted by Gasteiger charge is -2.18. The van der Waals surface area contributed by atoms with Crippen LogP contribution in [0.3, 0.4) is 0 Å².